The number of phenols is 1. The highest BCUT2D eigenvalue weighted by Crippen LogP contribution is 2.35. The highest BCUT2D eigenvalue weighted by molar-refractivity contribution is 6.23. The third kappa shape index (κ3) is 3.79. The van der Waals surface area contributed by atoms with Gasteiger partial charge >= 0.3 is 0 Å². The van der Waals surface area contributed by atoms with Gasteiger partial charge in [-0.2, -0.15) is 0 Å². The Labute approximate surface area is 147 Å². The summed E-state index contributed by atoms with van der Waals surface area (Å²) >= 11 is 0. The van der Waals surface area contributed by atoms with Crippen LogP contribution in [0.15, 0.2) is 70.9 Å². The first kappa shape index (κ1) is 17.0. The third-order valence-electron chi connectivity index (χ3n) is 4.43. The molecule has 0 saturated heterocycles. The van der Waals surface area contributed by atoms with Crippen molar-refractivity contribution in [3.8, 4) is 5.75 Å². The van der Waals surface area contributed by atoms with Gasteiger partial charge in [0.25, 0.3) is 0 Å². The summed E-state index contributed by atoms with van der Waals surface area (Å²) < 4.78 is 0. The van der Waals surface area contributed by atoms with Gasteiger partial charge in [0.05, 0.1) is 17.0 Å². The molecule has 2 N–H and O–H groups in total. The third-order valence-corrected chi connectivity index (χ3v) is 4.43. The molecule has 0 spiro atoms. The number of carbonyl (C=O) groups is 1. The number of benzene rings is 2. The highest BCUT2D eigenvalue weighted by Gasteiger charge is 2.30. The Morgan fingerprint density at radius 2 is 1.84 bits per heavy atom. The summed E-state index contributed by atoms with van der Waals surface area (Å²) in [4.78, 5) is 17.2. The van der Waals surface area contributed by atoms with Gasteiger partial charge in [-0.25, -0.2) is 0 Å². The molecular formula is C21H21NO3. The molecule has 0 bridgehead atoms. The maximum absolute atomic E-state index is 12.7. The molecule has 0 aliphatic heterocycles. The molecule has 1 atom stereocenters. The van der Waals surface area contributed by atoms with Gasteiger partial charge in [0.2, 0.25) is 0 Å². The lowest BCUT2D eigenvalue weighted by Crippen LogP contribution is -2.23. The number of Topliss-reactive ketones (excluding diaryl/α,β-unsaturated/α-hetero) is 1. The van der Waals surface area contributed by atoms with Gasteiger partial charge in [-0.1, -0.05) is 43.3 Å². The largest absolute Gasteiger partial charge is 0.511 e. The van der Waals surface area contributed by atoms with E-state index in [1.165, 1.54) is 6.07 Å². The molecule has 1 aliphatic rings. The number of aliphatic hydroxyl groups is 1. The number of hydrogen-bond acceptors (Lipinski definition) is 4. The van der Waals surface area contributed by atoms with E-state index in [1.54, 1.807) is 18.2 Å². The molecule has 2 aromatic carbocycles. The van der Waals surface area contributed by atoms with E-state index in [4.69, 9.17) is 0 Å². The first-order chi connectivity index (χ1) is 12.1. The minimum Gasteiger partial charge on any atom is -0.511 e. The summed E-state index contributed by atoms with van der Waals surface area (Å²) in [6.45, 7) is 1.90. The van der Waals surface area contributed by atoms with E-state index in [1.807, 2.05) is 37.3 Å². The quantitative estimate of drug-likeness (QED) is 0.786. The molecule has 128 valence electrons. The number of carbonyl (C=O) groups excluding carboxylic acids is 1. The molecule has 0 radical (unpaired) electrons. The van der Waals surface area contributed by atoms with Crippen LogP contribution in [0.5, 0.6) is 5.75 Å². The van der Waals surface area contributed by atoms with Crippen LogP contribution in [0.2, 0.25) is 0 Å². The summed E-state index contributed by atoms with van der Waals surface area (Å²) in [5, 5.41) is 20.1. The van der Waals surface area contributed by atoms with E-state index >= 15 is 0 Å². The van der Waals surface area contributed by atoms with Crippen molar-refractivity contribution in [3.63, 3.8) is 0 Å². The van der Waals surface area contributed by atoms with E-state index in [-0.39, 0.29) is 23.2 Å². The summed E-state index contributed by atoms with van der Waals surface area (Å²) in [5.41, 5.74) is 2.51. The van der Waals surface area contributed by atoms with Crippen LogP contribution >= 0.6 is 0 Å². The summed E-state index contributed by atoms with van der Waals surface area (Å²) in [7, 11) is 0. The molecule has 0 saturated carbocycles. The fraction of sp³-hybridized carbons (Fsp3) is 0.238. The Balaban J connectivity index is 1.93. The summed E-state index contributed by atoms with van der Waals surface area (Å²) in [5.74, 6) is 0.134. The van der Waals surface area contributed by atoms with Gasteiger partial charge in [0.15, 0.2) is 5.78 Å². The van der Waals surface area contributed by atoms with Crippen molar-refractivity contribution in [2.75, 3.05) is 0 Å². The lowest BCUT2D eigenvalue weighted by atomic mass is 9.81. The zero-order valence-corrected chi connectivity index (χ0v) is 14.1. The maximum Gasteiger partial charge on any atom is 0.168 e. The molecule has 4 heteroatoms. The van der Waals surface area contributed by atoms with Gasteiger partial charge in [-0.15, -0.1) is 0 Å². The molecule has 0 fully saturated rings. The Kier molecular flexibility index (Phi) is 4.98. The number of nitrogens with zero attached hydrogens (tertiary/aromatic N) is 1. The van der Waals surface area contributed by atoms with Crippen LogP contribution < -0.4 is 0 Å². The first-order valence-corrected chi connectivity index (χ1v) is 8.45. The zero-order chi connectivity index (χ0) is 17.8. The van der Waals surface area contributed by atoms with Crippen molar-refractivity contribution in [2.45, 2.75) is 32.1 Å². The summed E-state index contributed by atoms with van der Waals surface area (Å²) in [6, 6.07) is 16.3. The maximum atomic E-state index is 12.7. The fourth-order valence-corrected chi connectivity index (χ4v) is 3.21. The Morgan fingerprint density at radius 3 is 2.48 bits per heavy atom. The van der Waals surface area contributed by atoms with Crippen molar-refractivity contribution in [1.29, 1.82) is 0 Å². The second kappa shape index (κ2) is 7.34. The summed E-state index contributed by atoms with van der Waals surface area (Å²) in [6.07, 6.45) is 1.32. The Hall–Kier alpha value is -2.88. The van der Waals surface area contributed by atoms with Crippen LogP contribution in [0.1, 0.15) is 37.7 Å². The average Bonchev–Trinajstić information content (AvgIpc) is 2.61. The van der Waals surface area contributed by atoms with Crippen LogP contribution in [0.25, 0.3) is 0 Å². The molecule has 2 aromatic rings. The standard InChI is InChI=1S/C21H21NO3/c1-2-18(22-16-9-6-10-17(23)13-16)21-19(24)11-15(12-20(21)25)14-7-4-3-5-8-14/h3-10,13,15,23-24H,2,11-12H2,1H3. The molecular weight excluding hydrogens is 314 g/mol. The molecule has 1 aliphatic carbocycles. The number of rotatable bonds is 4. The number of aliphatic hydroxyl groups excluding tert-OH is 1. The molecule has 0 heterocycles. The van der Waals surface area contributed by atoms with E-state index in [9.17, 15) is 15.0 Å². The number of ketones is 1. The number of hydrogen-bond donors (Lipinski definition) is 2. The molecule has 3 rings (SSSR count). The van der Waals surface area contributed by atoms with Gasteiger partial charge < -0.3 is 10.2 Å². The Morgan fingerprint density at radius 1 is 1.08 bits per heavy atom. The lowest BCUT2D eigenvalue weighted by molar-refractivity contribution is -0.116. The minimum absolute atomic E-state index is 0.00340. The van der Waals surface area contributed by atoms with Gasteiger partial charge in [0, 0.05) is 18.9 Å². The zero-order valence-electron chi connectivity index (χ0n) is 14.1. The second-order valence-electron chi connectivity index (χ2n) is 6.19. The SMILES string of the molecule is CCC(=Nc1cccc(O)c1)C1=C(O)CC(c2ccccc2)CC1=O. The van der Waals surface area contributed by atoms with Crippen molar-refractivity contribution < 1.29 is 15.0 Å². The van der Waals surface area contributed by atoms with Crippen LogP contribution in [-0.2, 0) is 4.79 Å². The van der Waals surface area contributed by atoms with Gasteiger partial charge in [0.1, 0.15) is 11.5 Å². The molecule has 1 unspecified atom stereocenters. The minimum atomic E-state index is -0.0849. The average molecular weight is 335 g/mol. The van der Waals surface area contributed by atoms with Crippen LogP contribution in [0.4, 0.5) is 5.69 Å². The first-order valence-electron chi connectivity index (χ1n) is 8.45. The number of aliphatic imine (C=N–C) groups is 1. The number of aromatic hydroxyl groups is 1. The normalized spacial score (nSPS) is 18.5. The van der Waals surface area contributed by atoms with Gasteiger partial charge in [-0.05, 0) is 30.0 Å². The smallest absolute Gasteiger partial charge is 0.168 e. The monoisotopic (exact) mass is 335 g/mol. The molecule has 25 heavy (non-hydrogen) atoms. The van der Waals surface area contributed by atoms with E-state index < -0.39 is 0 Å². The topological polar surface area (TPSA) is 69.9 Å². The van der Waals surface area contributed by atoms with Crippen molar-refractivity contribution in [1.82, 2.24) is 0 Å². The van der Waals surface area contributed by atoms with Gasteiger partial charge in [-0.3, -0.25) is 9.79 Å². The van der Waals surface area contributed by atoms with Crippen LogP contribution in [0.3, 0.4) is 0 Å². The highest BCUT2D eigenvalue weighted by atomic mass is 16.3. The molecule has 0 aromatic heterocycles. The lowest BCUT2D eigenvalue weighted by Gasteiger charge is -2.24. The van der Waals surface area contributed by atoms with Crippen LogP contribution in [0, 0.1) is 0 Å². The number of allylic oxidation sites excluding steroid dienone is 2. The molecule has 4 nitrogen and oxygen atoms in total. The van der Waals surface area contributed by atoms with E-state index in [0.29, 0.717) is 36.2 Å². The van der Waals surface area contributed by atoms with Crippen molar-refractivity contribution in [2.24, 2.45) is 4.99 Å². The fourth-order valence-electron chi connectivity index (χ4n) is 3.21. The Bertz CT molecular complexity index is 837. The molecule has 0 amide bonds. The van der Waals surface area contributed by atoms with E-state index in [2.05, 4.69) is 4.99 Å². The second-order valence-corrected chi connectivity index (χ2v) is 6.19. The van der Waals surface area contributed by atoms with Crippen molar-refractivity contribution >= 4 is 17.2 Å². The predicted octanol–water partition coefficient (Wildman–Crippen LogP) is 4.83. The van der Waals surface area contributed by atoms with Crippen molar-refractivity contribution in [3.05, 3.63) is 71.5 Å². The predicted molar refractivity (Wildman–Crippen MR) is 98.6 cm³/mol. The van der Waals surface area contributed by atoms with E-state index in [0.717, 1.165) is 5.56 Å². The number of phenolic OH excluding ortho intramolecular Hbond substituents is 1. The van der Waals surface area contributed by atoms with Crippen LogP contribution in [-0.4, -0.2) is 21.7 Å².